The second kappa shape index (κ2) is 5.28. The third-order valence-corrected chi connectivity index (χ3v) is 4.04. The molecule has 1 amide bonds. The molecule has 3 heterocycles. The van der Waals surface area contributed by atoms with E-state index in [1.54, 1.807) is 6.92 Å². The Balaban J connectivity index is 1.62. The molecule has 2 saturated heterocycles. The summed E-state index contributed by atoms with van der Waals surface area (Å²) in [4.78, 5) is 17.7. The van der Waals surface area contributed by atoms with Crippen molar-refractivity contribution in [2.24, 2.45) is 0 Å². The lowest BCUT2D eigenvalue weighted by Crippen LogP contribution is -2.36. The molecule has 3 rings (SSSR count). The number of carbonyl (C=O) groups excluding carboxylic acids is 1. The fourth-order valence-corrected chi connectivity index (χ4v) is 2.76. The van der Waals surface area contributed by atoms with Gasteiger partial charge in [0.25, 0.3) is 0 Å². The molecule has 0 unspecified atom stereocenters. The van der Waals surface area contributed by atoms with Gasteiger partial charge in [-0.05, 0) is 19.3 Å². The molecule has 1 aromatic rings. The third-order valence-electron chi connectivity index (χ3n) is 4.04. The van der Waals surface area contributed by atoms with Crippen molar-refractivity contribution < 1.29 is 14.1 Å². The fourth-order valence-electron chi connectivity index (χ4n) is 2.76. The Labute approximate surface area is 112 Å². The summed E-state index contributed by atoms with van der Waals surface area (Å²) in [6.07, 6.45) is 2.78. The minimum atomic E-state index is 0.146. The maximum absolute atomic E-state index is 11.3. The van der Waals surface area contributed by atoms with Crippen LogP contribution in [0, 0.1) is 0 Å². The summed E-state index contributed by atoms with van der Waals surface area (Å²) in [6.45, 7) is 4.66. The van der Waals surface area contributed by atoms with Gasteiger partial charge >= 0.3 is 0 Å². The second-order valence-electron chi connectivity index (χ2n) is 5.33. The van der Waals surface area contributed by atoms with Gasteiger partial charge in [0, 0.05) is 38.5 Å². The van der Waals surface area contributed by atoms with Crippen LogP contribution in [0.2, 0.25) is 0 Å². The largest absolute Gasteiger partial charge is 0.381 e. The van der Waals surface area contributed by atoms with Gasteiger partial charge in [0.05, 0.1) is 6.61 Å². The molecule has 2 aliphatic rings. The van der Waals surface area contributed by atoms with E-state index in [-0.39, 0.29) is 11.8 Å². The molecule has 0 aromatic carbocycles. The van der Waals surface area contributed by atoms with Crippen LogP contribution >= 0.6 is 0 Å². The van der Waals surface area contributed by atoms with Crippen molar-refractivity contribution in [2.45, 2.75) is 38.0 Å². The molecule has 6 heteroatoms. The maximum Gasteiger partial charge on any atom is 0.229 e. The van der Waals surface area contributed by atoms with Gasteiger partial charge in [-0.2, -0.15) is 4.98 Å². The van der Waals surface area contributed by atoms with Crippen LogP contribution in [0.5, 0.6) is 0 Å². The Kier molecular flexibility index (Phi) is 3.50. The lowest BCUT2D eigenvalue weighted by molar-refractivity contribution is -0.129. The lowest BCUT2D eigenvalue weighted by Gasteiger charge is -2.29. The number of hydrogen-bond acceptors (Lipinski definition) is 5. The summed E-state index contributed by atoms with van der Waals surface area (Å²) >= 11 is 0. The van der Waals surface area contributed by atoms with Crippen molar-refractivity contribution in [1.82, 2.24) is 15.0 Å². The van der Waals surface area contributed by atoms with Crippen LogP contribution in [-0.2, 0) is 9.53 Å². The molecule has 2 aliphatic heterocycles. The average molecular weight is 265 g/mol. The molecule has 0 bridgehead atoms. The molecule has 0 radical (unpaired) electrons. The van der Waals surface area contributed by atoms with Crippen molar-refractivity contribution in [3.05, 3.63) is 11.7 Å². The van der Waals surface area contributed by atoms with Crippen LogP contribution in [0.25, 0.3) is 0 Å². The Bertz CT molecular complexity index is 446. The van der Waals surface area contributed by atoms with Crippen molar-refractivity contribution in [3.63, 3.8) is 0 Å². The van der Waals surface area contributed by atoms with Crippen molar-refractivity contribution in [3.8, 4) is 0 Å². The molecule has 2 fully saturated rings. The first kappa shape index (κ1) is 12.6. The second-order valence-corrected chi connectivity index (χ2v) is 5.33. The van der Waals surface area contributed by atoms with Gasteiger partial charge in [-0.1, -0.05) is 5.16 Å². The molecule has 104 valence electrons. The molecular formula is C13H19N3O3. The maximum atomic E-state index is 11.3. The summed E-state index contributed by atoms with van der Waals surface area (Å²) in [5.41, 5.74) is 0. The first-order valence-electron chi connectivity index (χ1n) is 6.91. The number of likely N-dealkylation sites (tertiary alicyclic amines) is 1. The van der Waals surface area contributed by atoms with Gasteiger partial charge in [-0.15, -0.1) is 0 Å². The van der Waals surface area contributed by atoms with E-state index < -0.39 is 0 Å². The number of hydrogen-bond donors (Lipinski definition) is 0. The van der Waals surface area contributed by atoms with E-state index in [0.717, 1.165) is 50.7 Å². The highest BCUT2D eigenvalue weighted by atomic mass is 16.5. The fraction of sp³-hybridized carbons (Fsp3) is 0.769. The van der Waals surface area contributed by atoms with Crippen LogP contribution < -0.4 is 0 Å². The van der Waals surface area contributed by atoms with Crippen LogP contribution in [0.3, 0.4) is 0 Å². The van der Waals surface area contributed by atoms with E-state index in [0.29, 0.717) is 12.5 Å². The summed E-state index contributed by atoms with van der Waals surface area (Å²) in [7, 11) is 0. The summed E-state index contributed by atoms with van der Waals surface area (Å²) in [5, 5.41) is 4.08. The van der Waals surface area contributed by atoms with Crippen molar-refractivity contribution >= 4 is 5.91 Å². The Morgan fingerprint density at radius 1 is 1.26 bits per heavy atom. The van der Waals surface area contributed by atoms with Crippen LogP contribution in [0.15, 0.2) is 4.52 Å². The van der Waals surface area contributed by atoms with E-state index in [1.807, 2.05) is 4.90 Å². The summed E-state index contributed by atoms with van der Waals surface area (Å²) in [5.74, 6) is 2.23. The monoisotopic (exact) mass is 265 g/mol. The number of nitrogens with zero attached hydrogens (tertiary/aromatic N) is 3. The molecule has 19 heavy (non-hydrogen) atoms. The molecule has 1 atom stereocenters. The number of aromatic nitrogens is 2. The Morgan fingerprint density at radius 2 is 2.05 bits per heavy atom. The standard InChI is InChI=1S/C13H19N3O3/c1-9(17)16-5-2-10(3-6-16)13-14-12(15-19-13)11-4-7-18-8-11/h10-11H,2-8H2,1H3/t11-/m1/s1. The molecular weight excluding hydrogens is 246 g/mol. The third kappa shape index (κ3) is 2.63. The highest BCUT2D eigenvalue weighted by Gasteiger charge is 2.28. The molecule has 0 saturated carbocycles. The summed E-state index contributed by atoms with van der Waals surface area (Å²) < 4.78 is 10.7. The predicted octanol–water partition coefficient (Wildman–Crippen LogP) is 1.30. The molecule has 0 N–H and O–H groups in total. The lowest BCUT2D eigenvalue weighted by atomic mass is 9.96. The Hall–Kier alpha value is -1.43. The summed E-state index contributed by atoms with van der Waals surface area (Å²) in [6, 6.07) is 0. The quantitative estimate of drug-likeness (QED) is 0.806. The zero-order chi connectivity index (χ0) is 13.2. The number of piperidine rings is 1. The van der Waals surface area contributed by atoms with Crippen LogP contribution in [-0.4, -0.2) is 47.3 Å². The van der Waals surface area contributed by atoms with E-state index in [1.165, 1.54) is 0 Å². The number of ether oxygens (including phenoxy) is 1. The minimum absolute atomic E-state index is 0.146. The van der Waals surface area contributed by atoms with Gasteiger partial charge in [-0.3, -0.25) is 4.79 Å². The highest BCUT2D eigenvalue weighted by Crippen LogP contribution is 2.29. The van der Waals surface area contributed by atoms with E-state index in [9.17, 15) is 4.79 Å². The first-order valence-corrected chi connectivity index (χ1v) is 6.91. The van der Waals surface area contributed by atoms with E-state index in [2.05, 4.69) is 10.1 Å². The average Bonchev–Trinajstić information content (AvgIpc) is 3.10. The predicted molar refractivity (Wildman–Crippen MR) is 66.7 cm³/mol. The normalized spacial score (nSPS) is 24.9. The molecule has 1 aromatic heterocycles. The first-order chi connectivity index (χ1) is 9.24. The minimum Gasteiger partial charge on any atom is -0.381 e. The Morgan fingerprint density at radius 3 is 2.68 bits per heavy atom. The van der Waals surface area contributed by atoms with Crippen LogP contribution in [0.4, 0.5) is 0 Å². The van der Waals surface area contributed by atoms with Gasteiger partial charge in [0.1, 0.15) is 0 Å². The van der Waals surface area contributed by atoms with Crippen molar-refractivity contribution in [2.75, 3.05) is 26.3 Å². The van der Waals surface area contributed by atoms with E-state index >= 15 is 0 Å². The number of carbonyl (C=O) groups is 1. The van der Waals surface area contributed by atoms with Crippen LogP contribution in [0.1, 0.15) is 49.7 Å². The smallest absolute Gasteiger partial charge is 0.229 e. The van der Waals surface area contributed by atoms with Gasteiger partial charge in [-0.25, -0.2) is 0 Å². The zero-order valence-corrected chi connectivity index (χ0v) is 11.2. The zero-order valence-electron chi connectivity index (χ0n) is 11.2. The van der Waals surface area contributed by atoms with Gasteiger partial charge < -0.3 is 14.2 Å². The van der Waals surface area contributed by atoms with Crippen molar-refractivity contribution in [1.29, 1.82) is 0 Å². The highest BCUT2D eigenvalue weighted by molar-refractivity contribution is 5.73. The van der Waals surface area contributed by atoms with E-state index in [4.69, 9.17) is 9.26 Å². The topological polar surface area (TPSA) is 68.5 Å². The SMILES string of the molecule is CC(=O)N1CCC(c2nc([C@@H]3CCOC3)no2)CC1. The molecule has 0 spiro atoms. The number of amides is 1. The molecule has 0 aliphatic carbocycles. The van der Waals surface area contributed by atoms with Gasteiger partial charge in [0.15, 0.2) is 5.82 Å². The molecule has 6 nitrogen and oxygen atoms in total. The van der Waals surface area contributed by atoms with Gasteiger partial charge in [0.2, 0.25) is 11.8 Å². The number of rotatable bonds is 2.